The smallest absolute Gasteiger partial charge is 0.251 e. The van der Waals surface area contributed by atoms with Crippen LogP contribution in [0.1, 0.15) is 42.1 Å². The van der Waals surface area contributed by atoms with Crippen LogP contribution in [0.25, 0.3) is 5.70 Å². The summed E-state index contributed by atoms with van der Waals surface area (Å²) in [5.74, 6) is -2.14. The van der Waals surface area contributed by atoms with Gasteiger partial charge in [0.05, 0.1) is 5.70 Å². The van der Waals surface area contributed by atoms with Gasteiger partial charge >= 0.3 is 0 Å². The molecular formula is C17H19ClN2O3. The fourth-order valence-corrected chi connectivity index (χ4v) is 2.51. The van der Waals surface area contributed by atoms with Gasteiger partial charge in [-0.15, -0.1) is 11.6 Å². The van der Waals surface area contributed by atoms with Gasteiger partial charge in [-0.3, -0.25) is 14.4 Å². The molecule has 0 fully saturated rings. The SMILES string of the molecule is CCCCCNC1=C(NC(=O)CCl)C(=O)C(=O)c2ccccc21. The van der Waals surface area contributed by atoms with Crippen LogP contribution in [0.2, 0.25) is 0 Å². The van der Waals surface area contributed by atoms with E-state index >= 15 is 0 Å². The first-order valence-electron chi connectivity index (χ1n) is 7.62. The van der Waals surface area contributed by atoms with Crippen molar-refractivity contribution < 1.29 is 14.4 Å². The van der Waals surface area contributed by atoms with Gasteiger partial charge in [-0.25, -0.2) is 0 Å². The number of amides is 1. The van der Waals surface area contributed by atoms with Gasteiger partial charge in [0.15, 0.2) is 0 Å². The van der Waals surface area contributed by atoms with Crippen molar-refractivity contribution in [1.82, 2.24) is 10.6 Å². The molecule has 0 atom stereocenters. The van der Waals surface area contributed by atoms with Gasteiger partial charge in [0.2, 0.25) is 11.7 Å². The molecule has 6 heteroatoms. The number of allylic oxidation sites excluding steroid dienone is 1. The number of benzene rings is 1. The molecule has 2 rings (SSSR count). The summed E-state index contributed by atoms with van der Waals surface area (Å²) in [7, 11) is 0. The normalized spacial score (nSPS) is 13.8. The Kier molecular flexibility index (Phi) is 5.93. The number of alkyl halides is 1. The van der Waals surface area contributed by atoms with Crippen molar-refractivity contribution in [2.24, 2.45) is 0 Å². The molecule has 0 radical (unpaired) electrons. The first-order chi connectivity index (χ1) is 11.1. The summed E-state index contributed by atoms with van der Waals surface area (Å²) in [6.45, 7) is 2.75. The van der Waals surface area contributed by atoms with E-state index in [2.05, 4.69) is 17.6 Å². The molecule has 0 aromatic heterocycles. The van der Waals surface area contributed by atoms with E-state index in [-0.39, 0.29) is 11.6 Å². The molecule has 5 nitrogen and oxygen atoms in total. The van der Waals surface area contributed by atoms with Gasteiger partial charge in [-0.05, 0) is 6.42 Å². The van der Waals surface area contributed by atoms with Gasteiger partial charge in [0, 0.05) is 17.7 Å². The van der Waals surface area contributed by atoms with E-state index in [9.17, 15) is 14.4 Å². The molecule has 23 heavy (non-hydrogen) atoms. The maximum absolute atomic E-state index is 12.3. The molecule has 0 unspecified atom stereocenters. The molecule has 0 aliphatic heterocycles. The minimum Gasteiger partial charge on any atom is -0.383 e. The van der Waals surface area contributed by atoms with E-state index in [4.69, 9.17) is 11.6 Å². The number of nitrogens with one attached hydrogen (secondary N) is 2. The quantitative estimate of drug-likeness (QED) is 0.455. The van der Waals surface area contributed by atoms with E-state index in [1.807, 2.05) is 0 Å². The van der Waals surface area contributed by atoms with Crippen LogP contribution in [-0.2, 0) is 9.59 Å². The predicted molar refractivity (Wildman–Crippen MR) is 89.1 cm³/mol. The first kappa shape index (κ1) is 17.2. The monoisotopic (exact) mass is 334 g/mol. The summed E-state index contributed by atoms with van der Waals surface area (Å²) in [5, 5.41) is 5.65. The topological polar surface area (TPSA) is 75.3 Å². The molecule has 1 aliphatic rings. The molecule has 0 saturated heterocycles. The lowest BCUT2D eigenvalue weighted by Gasteiger charge is -2.23. The van der Waals surface area contributed by atoms with E-state index in [0.29, 0.717) is 23.4 Å². The number of rotatable bonds is 7. The van der Waals surface area contributed by atoms with Gasteiger partial charge in [-0.1, -0.05) is 44.0 Å². The zero-order valence-electron chi connectivity index (χ0n) is 12.9. The third kappa shape index (κ3) is 3.79. The van der Waals surface area contributed by atoms with Crippen LogP contribution >= 0.6 is 11.6 Å². The van der Waals surface area contributed by atoms with Crippen molar-refractivity contribution in [3.05, 3.63) is 41.1 Å². The number of fused-ring (bicyclic) bond motifs is 1. The Morgan fingerprint density at radius 1 is 1.04 bits per heavy atom. The Bertz CT molecular complexity index is 668. The van der Waals surface area contributed by atoms with Crippen molar-refractivity contribution >= 4 is 34.8 Å². The molecule has 0 heterocycles. The average molecular weight is 335 g/mol. The zero-order chi connectivity index (χ0) is 16.8. The van der Waals surface area contributed by atoms with Gasteiger partial charge < -0.3 is 10.6 Å². The fraction of sp³-hybridized carbons (Fsp3) is 0.353. The predicted octanol–water partition coefficient (Wildman–Crippen LogP) is 2.26. The van der Waals surface area contributed by atoms with Crippen LogP contribution in [-0.4, -0.2) is 29.9 Å². The molecule has 1 aromatic rings. The highest BCUT2D eigenvalue weighted by atomic mass is 35.5. The summed E-state index contributed by atoms with van der Waals surface area (Å²) in [5.41, 5.74) is 1.44. The second-order valence-electron chi connectivity index (χ2n) is 5.27. The Labute approximate surface area is 140 Å². The lowest BCUT2D eigenvalue weighted by atomic mass is 9.90. The summed E-state index contributed by atoms with van der Waals surface area (Å²) in [6.07, 6.45) is 3.06. The molecule has 1 aliphatic carbocycles. The first-order valence-corrected chi connectivity index (χ1v) is 8.16. The van der Waals surface area contributed by atoms with E-state index in [1.54, 1.807) is 24.3 Å². The third-order valence-corrected chi connectivity index (χ3v) is 3.83. The highest BCUT2D eigenvalue weighted by Gasteiger charge is 2.33. The number of halogens is 1. The standard InChI is InChI=1S/C17H19ClN2O3/c1-2-3-6-9-19-14-11-7-4-5-8-12(11)16(22)17(23)15(14)20-13(21)10-18/h4-5,7-8,19H,2-3,6,9-10H2,1H3,(H,20,21). The van der Waals surface area contributed by atoms with E-state index in [0.717, 1.165) is 19.3 Å². The van der Waals surface area contributed by atoms with Crippen molar-refractivity contribution in [3.63, 3.8) is 0 Å². The maximum atomic E-state index is 12.3. The highest BCUT2D eigenvalue weighted by molar-refractivity contribution is 6.52. The largest absolute Gasteiger partial charge is 0.383 e. The molecule has 0 spiro atoms. The van der Waals surface area contributed by atoms with Crippen LogP contribution in [0.4, 0.5) is 0 Å². The number of ketones is 2. The highest BCUT2D eigenvalue weighted by Crippen LogP contribution is 2.26. The minimum absolute atomic E-state index is 0.0177. The van der Waals surface area contributed by atoms with Crippen LogP contribution < -0.4 is 10.6 Å². The number of hydrogen-bond donors (Lipinski definition) is 2. The molecule has 122 valence electrons. The lowest BCUT2D eigenvalue weighted by molar-refractivity contribution is -0.120. The summed E-state index contributed by atoms with van der Waals surface area (Å²) >= 11 is 5.50. The molecule has 0 bridgehead atoms. The van der Waals surface area contributed by atoms with Crippen molar-refractivity contribution in [2.75, 3.05) is 12.4 Å². The molecule has 2 N–H and O–H groups in total. The van der Waals surface area contributed by atoms with E-state index in [1.165, 1.54) is 0 Å². The van der Waals surface area contributed by atoms with Crippen molar-refractivity contribution in [1.29, 1.82) is 0 Å². The Balaban J connectivity index is 2.41. The molecular weight excluding hydrogens is 316 g/mol. The van der Waals surface area contributed by atoms with E-state index < -0.39 is 17.5 Å². The number of Topliss-reactive ketones (excluding diaryl/α,β-unsaturated/α-hetero) is 2. The van der Waals surface area contributed by atoms with Crippen LogP contribution in [0.3, 0.4) is 0 Å². The number of carbonyl (C=O) groups is 3. The van der Waals surface area contributed by atoms with Crippen molar-refractivity contribution in [2.45, 2.75) is 26.2 Å². The molecule has 0 saturated carbocycles. The van der Waals surface area contributed by atoms with Gasteiger partial charge in [0.25, 0.3) is 5.78 Å². The van der Waals surface area contributed by atoms with Gasteiger partial charge in [0.1, 0.15) is 11.6 Å². The Hall–Kier alpha value is -2.14. The van der Waals surface area contributed by atoms with Crippen LogP contribution in [0.5, 0.6) is 0 Å². The Morgan fingerprint density at radius 3 is 2.39 bits per heavy atom. The van der Waals surface area contributed by atoms with Crippen LogP contribution in [0, 0.1) is 0 Å². The lowest BCUT2D eigenvalue weighted by Crippen LogP contribution is -2.38. The summed E-state index contributed by atoms with van der Waals surface area (Å²) in [4.78, 5) is 36.2. The number of carbonyl (C=O) groups excluding carboxylic acids is 3. The summed E-state index contributed by atoms with van der Waals surface area (Å²) in [6, 6.07) is 6.87. The third-order valence-electron chi connectivity index (χ3n) is 3.59. The number of hydrogen-bond acceptors (Lipinski definition) is 4. The second kappa shape index (κ2) is 7.92. The summed E-state index contributed by atoms with van der Waals surface area (Å²) < 4.78 is 0. The van der Waals surface area contributed by atoms with Crippen molar-refractivity contribution in [3.8, 4) is 0 Å². The maximum Gasteiger partial charge on any atom is 0.251 e. The average Bonchev–Trinajstić information content (AvgIpc) is 2.58. The second-order valence-corrected chi connectivity index (χ2v) is 5.54. The van der Waals surface area contributed by atoms with Gasteiger partial charge in [-0.2, -0.15) is 0 Å². The minimum atomic E-state index is -0.722. The Morgan fingerprint density at radius 2 is 1.74 bits per heavy atom. The fourth-order valence-electron chi connectivity index (χ4n) is 2.45. The molecule has 1 aromatic carbocycles. The van der Waals surface area contributed by atoms with Crippen LogP contribution in [0.15, 0.2) is 30.0 Å². The number of unbranched alkanes of at least 4 members (excludes halogenated alkanes) is 2. The zero-order valence-corrected chi connectivity index (χ0v) is 13.7. The molecule has 1 amide bonds.